The van der Waals surface area contributed by atoms with E-state index < -0.39 is 15.4 Å². The van der Waals surface area contributed by atoms with Crippen molar-refractivity contribution in [2.45, 2.75) is 56.2 Å². The molecule has 3 aromatic heterocycles. The third-order valence-electron chi connectivity index (χ3n) is 5.52. The average Bonchev–Trinajstić information content (AvgIpc) is 3.09. The number of hydrogen-bond donors (Lipinski definition) is 3. The lowest BCUT2D eigenvalue weighted by atomic mass is 9.93. The SMILES string of the molecule is CC[C@@H]1CC(S(=O)(=O)O)C[C@@H]1c1nnc2cnc3[nH]ccc3n12.NC1CC1. The molecule has 0 saturated heterocycles. The van der Waals surface area contributed by atoms with Crippen LogP contribution >= 0.6 is 0 Å². The van der Waals surface area contributed by atoms with Crippen LogP contribution in [0.5, 0.6) is 0 Å². The van der Waals surface area contributed by atoms with E-state index in [1.807, 2.05) is 17.4 Å². The van der Waals surface area contributed by atoms with E-state index >= 15 is 0 Å². The quantitative estimate of drug-likeness (QED) is 0.578. The van der Waals surface area contributed by atoms with Gasteiger partial charge in [-0.25, -0.2) is 4.98 Å². The molecule has 4 N–H and O–H groups in total. The van der Waals surface area contributed by atoms with Crippen LogP contribution in [-0.2, 0) is 10.1 Å². The first-order valence-corrected chi connectivity index (χ1v) is 10.8. The summed E-state index contributed by atoms with van der Waals surface area (Å²) in [5.41, 5.74) is 7.46. The van der Waals surface area contributed by atoms with Crippen LogP contribution in [0, 0.1) is 5.92 Å². The highest BCUT2D eigenvalue weighted by atomic mass is 32.2. The second-order valence-electron chi connectivity index (χ2n) is 7.44. The van der Waals surface area contributed by atoms with Crippen LogP contribution < -0.4 is 5.73 Å². The Morgan fingerprint density at radius 2 is 2.07 bits per heavy atom. The second-order valence-corrected chi connectivity index (χ2v) is 9.14. The van der Waals surface area contributed by atoms with Crippen molar-refractivity contribution in [3.8, 4) is 0 Å². The van der Waals surface area contributed by atoms with Gasteiger partial charge in [-0.05, 0) is 37.7 Å². The molecule has 2 aliphatic rings. The van der Waals surface area contributed by atoms with E-state index in [-0.39, 0.29) is 11.8 Å². The summed E-state index contributed by atoms with van der Waals surface area (Å²) < 4.78 is 34.4. The number of nitrogens with zero attached hydrogens (tertiary/aromatic N) is 4. The topological polar surface area (TPSA) is 139 Å². The average molecular weight is 392 g/mol. The Kier molecular flexibility index (Phi) is 4.65. The Balaban J connectivity index is 0.000000400. The highest BCUT2D eigenvalue weighted by Crippen LogP contribution is 2.43. The van der Waals surface area contributed by atoms with Crippen molar-refractivity contribution in [3.05, 3.63) is 24.3 Å². The fraction of sp³-hybridized carbons (Fsp3) is 0.588. The van der Waals surface area contributed by atoms with Crippen LogP contribution in [0.4, 0.5) is 0 Å². The molecule has 2 fully saturated rings. The highest BCUT2D eigenvalue weighted by molar-refractivity contribution is 7.86. The van der Waals surface area contributed by atoms with E-state index in [9.17, 15) is 13.0 Å². The monoisotopic (exact) mass is 392 g/mol. The lowest BCUT2D eigenvalue weighted by Gasteiger charge is -2.15. The van der Waals surface area contributed by atoms with Crippen LogP contribution in [0.15, 0.2) is 18.5 Å². The Bertz CT molecular complexity index is 1060. The molecule has 0 radical (unpaired) electrons. The van der Waals surface area contributed by atoms with E-state index in [0.717, 1.165) is 23.4 Å². The normalized spacial score (nSPS) is 25.7. The van der Waals surface area contributed by atoms with E-state index in [2.05, 4.69) is 20.2 Å². The molecular formula is C17H24N6O3S. The van der Waals surface area contributed by atoms with Gasteiger partial charge in [0.15, 0.2) is 11.3 Å². The Labute approximate surface area is 157 Å². The number of hydrogen-bond acceptors (Lipinski definition) is 6. The maximum absolute atomic E-state index is 11.5. The van der Waals surface area contributed by atoms with Gasteiger partial charge in [0.25, 0.3) is 10.1 Å². The van der Waals surface area contributed by atoms with Gasteiger partial charge in [0.2, 0.25) is 0 Å². The summed E-state index contributed by atoms with van der Waals surface area (Å²) in [6, 6.07) is 2.48. The van der Waals surface area contributed by atoms with Crippen molar-refractivity contribution in [3.63, 3.8) is 0 Å². The van der Waals surface area contributed by atoms with Gasteiger partial charge in [0, 0.05) is 18.2 Å². The maximum Gasteiger partial charge on any atom is 0.267 e. The van der Waals surface area contributed by atoms with Crippen molar-refractivity contribution < 1.29 is 13.0 Å². The number of fused-ring (bicyclic) bond motifs is 3. The Hall–Kier alpha value is -2.04. The molecule has 3 heterocycles. The first-order chi connectivity index (χ1) is 12.9. The lowest BCUT2D eigenvalue weighted by molar-refractivity contribution is 0.447. The molecule has 0 aromatic carbocycles. The molecule has 2 aliphatic carbocycles. The van der Waals surface area contributed by atoms with Crippen LogP contribution in [0.1, 0.15) is 50.8 Å². The van der Waals surface area contributed by atoms with Gasteiger partial charge < -0.3 is 10.7 Å². The molecule has 0 spiro atoms. The zero-order chi connectivity index (χ0) is 19.2. The first kappa shape index (κ1) is 18.3. The van der Waals surface area contributed by atoms with Gasteiger partial charge in [-0.1, -0.05) is 13.3 Å². The molecule has 1 unspecified atom stereocenters. The van der Waals surface area contributed by atoms with Crippen molar-refractivity contribution >= 4 is 26.9 Å². The lowest BCUT2D eigenvalue weighted by Crippen LogP contribution is -2.17. The van der Waals surface area contributed by atoms with Crippen molar-refractivity contribution in [1.82, 2.24) is 24.6 Å². The molecule has 10 heteroatoms. The molecule has 0 bridgehead atoms. The van der Waals surface area contributed by atoms with E-state index in [1.165, 1.54) is 12.8 Å². The van der Waals surface area contributed by atoms with Crippen LogP contribution in [0.2, 0.25) is 0 Å². The predicted octanol–water partition coefficient (Wildman–Crippen LogP) is 1.87. The first-order valence-electron chi connectivity index (χ1n) is 9.27. The number of aromatic amines is 1. The summed E-state index contributed by atoms with van der Waals surface area (Å²) in [7, 11) is -4.03. The summed E-state index contributed by atoms with van der Waals surface area (Å²) in [6.45, 7) is 2.03. The Morgan fingerprint density at radius 1 is 1.33 bits per heavy atom. The third-order valence-corrected chi connectivity index (χ3v) is 6.75. The van der Waals surface area contributed by atoms with Gasteiger partial charge in [-0.2, -0.15) is 8.42 Å². The summed E-state index contributed by atoms with van der Waals surface area (Å²) in [5, 5.41) is 7.75. The minimum Gasteiger partial charge on any atom is -0.345 e. The van der Waals surface area contributed by atoms with Crippen LogP contribution in [-0.4, -0.2) is 48.8 Å². The van der Waals surface area contributed by atoms with Crippen LogP contribution in [0.25, 0.3) is 16.8 Å². The smallest absolute Gasteiger partial charge is 0.267 e. The molecule has 0 amide bonds. The zero-order valence-electron chi connectivity index (χ0n) is 15.1. The van der Waals surface area contributed by atoms with Crippen molar-refractivity contribution in [2.24, 2.45) is 11.7 Å². The van der Waals surface area contributed by atoms with Gasteiger partial charge in [0.1, 0.15) is 5.82 Å². The molecule has 9 nitrogen and oxygen atoms in total. The standard InChI is InChI=1S/C14H17N5O3S.C3H7N/c1-2-8-5-9(23(20,21)22)6-10(8)14-18-17-12-7-16-13-11(19(12)14)3-4-15-13;4-3-1-2-3/h3-4,7-10,15H,2,5-6H2,1H3,(H,20,21,22);3H,1-2,4H2/t8-,9?,10+;/m1./s1. The molecule has 3 aromatic rings. The molecular weight excluding hydrogens is 368 g/mol. The number of nitrogens with two attached hydrogens (primary N) is 1. The van der Waals surface area contributed by atoms with E-state index in [4.69, 9.17) is 5.73 Å². The molecule has 5 rings (SSSR count). The Morgan fingerprint density at radius 3 is 2.70 bits per heavy atom. The van der Waals surface area contributed by atoms with Crippen molar-refractivity contribution in [1.29, 1.82) is 0 Å². The third kappa shape index (κ3) is 3.56. The molecule has 27 heavy (non-hydrogen) atoms. The van der Waals surface area contributed by atoms with Crippen molar-refractivity contribution in [2.75, 3.05) is 0 Å². The van der Waals surface area contributed by atoms with E-state index in [1.54, 1.807) is 12.4 Å². The molecule has 2 saturated carbocycles. The van der Waals surface area contributed by atoms with Gasteiger partial charge in [-0.3, -0.25) is 8.95 Å². The molecule has 0 aliphatic heterocycles. The fourth-order valence-electron chi connectivity index (χ4n) is 3.82. The number of H-pyrrole nitrogens is 1. The van der Waals surface area contributed by atoms with E-state index in [0.29, 0.717) is 24.5 Å². The van der Waals surface area contributed by atoms with Crippen LogP contribution in [0.3, 0.4) is 0 Å². The summed E-state index contributed by atoms with van der Waals surface area (Å²) in [5.74, 6) is 0.837. The largest absolute Gasteiger partial charge is 0.345 e. The minimum absolute atomic E-state index is 0.0533. The molecule has 3 atom stereocenters. The zero-order valence-corrected chi connectivity index (χ0v) is 15.9. The second kappa shape index (κ2) is 6.84. The molecule has 146 valence electrons. The van der Waals surface area contributed by atoms with Gasteiger partial charge >= 0.3 is 0 Å². The fourth-order valence-corrected chi connectivity index (χ4v) is 4.76. The van der Waals surface area contributed by atoms with Gasteiger partial charge in [-0.15, -0.1) is 10.2 Å². The maximum atomic E-state index is 11.5. The van der Waals surface area contributed by atoms with Gasteiger partial charge in [0.05, 0.1) is 17.0 Å². The highest BCUT2D eigenvalue weighted by Gasteiger charge is 2.42. The predicted molar refractivity (Wildman–Crippen MR) is 101 cm³/mol. The number of nitrogens with one attached hydrogen (secondary N) is 1. The summed E-state index contributed by atoms with van der Waals surface area (Å²) in [6.07, 6.45) is 7.62. The number of rotatable bonds is 3. The summed E-state index contributed by atoms with van der Waals surface area (Å²) >= 11 is 0. The minimum atomic E-state index is -4.03. The summed E-state index contributed by atoms with van der Waals surface area (Å²) in [4.78, 5) is 7.34. The number of aromatic nitrogens is 5.